The molecule has 0 fully saturated rings. The van der Waals surface area contributed by atoms with Crippen molar-refractivity contribution in [2.75, 3.05) is 13.2 Å². The van der Waals surface area contributed by atoms with Crippen LogP contribution in [-0.2, 0) is 16.1 Å². The zero-order valence-electron chi connectivity index (χ0n) is 10.5. The van der Waals surface area contributed by atoms with E-state index in [0.717, 1.165) is 0 Å². The summed E-state index contributed by atoms with van der Waals surface area (Å²) in [7, 11) is 0. The van der Waals surface area contributed by atoms with Gasteiger partial charge in [-0.15, -0.1) is 0 Å². The maximum atomic E-state index is 11.4. The quantitative estimate of drug-likeness (QED) is 0.707. The van der Waals surface area contributed by atoms with Crippen molar-refractivity contribution in [3.8, 4) is 0 Å². The summed E-state index contributed by atoms with van der Waals surface area (Å²) < 4.78 is 6.55. The summed E-state index contributed by atoms with van der Waals surface area (Å²) in [4.78, 5) is 26.4. The molecule has 1 rings (SSSR count). The van der Waals surface area contributed by atoms with E-state index in [4.69, 9.17) is 0 Å². The average molecular weight is 254 g/mol. The highest BCUT2D eigenvalue weighted by Crippen LogP contribution is 1.91. The second-order valence-corrected chi connectivity index (χ2v) is 3.79. The van der Waals surface area contributed by atoms with E-state index in [1.54, 1.807) is 19.4 Å². The zero-order chi connectivity index (χ0) is 13.4. The molecule has 1 atom stereocenters. The molecule has 0 aromatic carbocycles. The first-order valence-corrected chi connectivity index (χ1v) is 5.77. The van der Waals surface area contributed by atoms with Crippen molar-refractivity contribution in [1.82, 2.24) is 20.2 Å². The molecule has 0 aliphatic heterocycles. The number of aromatic nitrogens is 2. The maximum absolute atomic E-state index is 11.4. The minimum Gasteiger partial charge on any atom is -0.465 e. The fourth-order valence-electron chi connectivity index (χ4n) is 1.40. The van der Waals surface area contributed by atoms with Gasteiger partial charge in [0.2, 0.25) is 0 Å². The van der Waals surface area contributed by atoms with Gasteiger partial charge in [0, 0.05) is 25.0 Å². The number of amides is 2. The summed E-state index contributed by atoms with van der Waals surface area (Å²) >= 11 is 0. The van der Waals surface area contributed by atoms with Crippen molar-refractivity contribution in [3.63, 3.8) is 0 Å². The highest BCUT2D eigenvalue weighted by Gasteiger charge is 2.09. The first-order valence-electron chi connectivity index (χ1n) is 5.77. The highest BCUT2D eigenvalue weighted by molar-refractivity contribution is 5.80. The van der Waals surface area contributed by atoms with Gasteiger partial charge in [0.05, 0.1) is 12.9 Å². The first kappa shape index (κ1) is 14.0. The van der Waals surface area contributed by atoms with Crippen molar-refractivity contribution in [1.29, 1.82) is 0 Å². The topological polar surface area (TPSA) is 85.2 Å². The lowest BCUT2D eigenvalue weighted by molar-refractivity contribution is -0.141. The van der Waals surface area contributed by atoms with Gasteiger partial charge in [-0.2, -0.15) is 0 Å². The summed E-state index contributed by atoms with van der Waals surface area (Å²) in [6.45, 7) is 4.37. The molecular weight excluding hydrogens is 236 g/mol. The van der Waals surface area contributed by atoms with Crippen molar-refractivity contribution >= 4 is 12.0 Å². The number of ether oxygens (including phenoxy) is 1. The predicted molar refractivity (Wildman–Crippen MR) is 64.9 cm³/mol. The molecule has 1 unspecified atom stereocenters. The van der Waals surface area contributed by atoms with Crippen LogP contribution in [0, 0.1) is 0 Å². The Morgan fingerprint density at radius 1 is 1.50 bits per heavy atom. The molecule has 0 aliphatic carbocycles. The molecule has 7 heteroatoms. The van der Waals surface area contributed by atoms with Crippen LogP contribution in [0.25, 0.3) is 0 Å². The number of nitrogens with zero attached hydrogens (tertiary/aromatic N) is 2. The Morgan fingerprint density at radius 2 is 2.28 bits per heavy atom. The Kier molecular flexibility index (Phi) is 5.69. The van der Waals surface area contributed by atoms with E-state index in [2.05, 4.69) is 20.4 Å². The van der Waals surface area contributed by atoms with Gasteiger partial charge in [-0.25, -0.2) is 9.78 Å². The third kappa shape index (κ3) is 5.33. The van der Waals surface area contributed by atoms with Crippen LogP contribution >= 0.6 is 0 Å². The van der Waals surface area contributed by atoms with Gasteiger partial charge in [0.1, 0.15) is 6.54 Å². The molecule has 2 N–H and O–H groups in total. The second kappa shape index (κ2) is 7.31. The van der Waals surface area contributed by atoms with Crippen molar-refractivity contribution < 1.29 is 14.3 Å². The molecule has 2 amide bonds. The summed E-state index contributed by atoms with van der Waals surface area (Å²) in [5, 5.41) is 5.14. The molecule has 0 radical (unpaired) electrons. The molecule has 0 aliphatic rings. The van der Waals surface area contributed by atoms with Crippen molar-refractivity contribution in [3.05, 3.63) is 18.7 Å². The van der Waals surface area contributed by atoms with Gasteiger partial charge in [-0.3, -0.25) is 4.79 Å². The number of hydrogen-bond acceptors (Lipinski definition) is 4. The van der Waals surface area contributed by atoms with Crippen LogP contribution in [0.15, 0.2) is 18.7 Å². The van der Waals surface area contributed by atoms with Gasteiger partial charge in [0.25, 0.3) is 0 Å². The first-order chi connectivity index (χ1) is 8.61. The van der Waals surface area contributed by atoms with Crippen LogP contribution in [0.5, 0.6) is 0 Å². The Bertz CT molecular complexity index is 378. The number of carbonyl (C=O) groups excluding carboxylic acids is 2. The Morgan fingerprint density at radius 3 is 2.89 bits per heavy atom. The van der Waals surface area contributed by atoms with Gasteiger partial charge in [-0.05, 0) is 13.8 Å². The average Bonchev–Trinajstić information content (AvgIpc) is 2.79. The SMILES string of the molecule is CCOC(=O)CNC(=O)NC(C)Cn1ccnc1. The number of imidazole rings is 1. The molecule has 0 spiro atoms. The lowest BCUT2D eigenvalue weighted by Gasteiger charge is -2.14. The number of nitrogens with one attached hydrogen (secondary N) is 2. The molecule has 0 saturated heterocycles. The summed E-state index contributed by atoms with van der Waals surface area (Å²) in [5.74, 6) is -0.449. The smallest absolute Gasteiger partial charge is 0.325 e. The molecule has 0 saturated carbocycles. The van der Waals surface area contributed by atoms with E-state index >= 15 is 0 Å². The van der Waals surface area contributed by atoms with Crippen LogP contribution in [0.4, 0.5) is 4.79 Å². The van der Waals surface area contributed by atoms with E-state index in [1.807, 2.05) is 17.7 Å². The monoisotopic (exact) mass is 254 g/mol. The highest BCUT2D eigenvalue weighted by atomic mass is 16.5. The van der Waals surface area contributed by atoms with Crippen LogP contribution in [0.3, 0.4) is 0 Å². The fraction of sp³-hybridized carbons (Fsp3) is 0.545. The Balaban J connectivity index is 2.21. The molecule has 0 bridgehead atoms. The minimum atomic E-state index is -0.449. The van der Waals surface area contributed by atoms with E-state index in [1.165, 1.54) is 0 Å². The number of urea groups is 1. The van der Waals surface area contributed by atoms with E-state index in [0.29, 0.717) is 13.2 Å². The van der Waals surface area contributed by atoms with Crippen molar-refractivity contribution in [2.45, 2.75) is 26.4 Å². The van der Waals surface area contributed by atoms with Gasteiger partial charge in [-0.1, -0.05) is 0 Å². The number of carbonyl (C=O) groups is 2. The lowest BCUT2D eigenvalue weighted by Crippen LogP contribution is -2.44. The van der Waals surface area contributed by atoms with E-state index in [-0.39, 0.29) is 12.6 Å². The van der Waals surface area contributed by atoms with Crippen LogP contribution < -0.4 is 10.6 Å². The third-order valence-electron chi connectivity index (χ3n) is 2.12. The largest absolute Gasteiger partial charge is 0.465 e. The van der Waals surface area contributed by atoms with Gasteiger partial charge < -0.3 is 19.9 Å². The number of esters is 1. The lowest BCUT2D eigenvalue weighted by atomic mass is 10.3. The summed E-state index contributed by atoms with van der Waals surface area (Å²) in [5.41, 5.74) is 0. The van der Waals surface area contributed by atoms with Crippen LogP contribution in [0.2, 0.25) is 0 Å². The second-order valence-electron chi connectivity index (χ2n) is 3.79. The molecule has 1 aromatic heterocycles. The predicted octanol–water partition coefficient (Wildman–Crippen LogP) is 0.134. The molecule has 100 valence electrons. The van der Waals surface area contributed by atoms with E-state index < -0.39 is 12.0 Å². The molecule has 7 nitrogen and oxygen atoms in total. The van der Waals surface area contributed by atoms with Crippen LogP contribution in [0.1, 0.15) is 13.8 Å². The summed E-state index contributed by atoms with van der Waals surface area (Å²) in [6.07, 6.45) is 5.16. The standard InChI is InChI=1S/C11H18N4O3/c1-3-18-10(16)6-13-11(17)14-9(2)7-15-5-4-12-8-15/h4-5,8-9H,3,6-7H2,1-2H3,(H2,13,14,17). The molecule has 1 aromatic rings. The number of rotatable bonds is 6. The zero-order valence-corrected chi connectivity index (χ0v) is 10.5. The van der Waals surface area contributed by atoms with Crippen LogP contribution in [-0.4, -0.2) is 40.7 Å². The third-order valence-corrected chi connectivity index (χ3v) is 2.12. The maximum Gasteiger partial charge on any atom is 0.325 e. The Hall–Kier alpha value is -2.05. The van der Waals surface area contributed by atoms with Gasteiger partial charge in [0.15, 0.2) is 0 Å². The Labute approximate surface area is 106 Å². The number of hydrogen-bond donors (Lipinski definition) is 2. The molecular formula is C11H18N4O3. The minimum absolute atomic E-state index is 0.0682. The molecule has 1 heterocycles. The van der Waals surface area contributed by atoms with Gasteiger partial charge >= 0.3 is 12.0 Å². The molecule has 18 heavy (non-hydrogen) atoms. The summed E-state index contributed by atoms with van der Waals surface area (Å²) in [6, 6.07) is -0.461. The normalized spacial score (nSPS) is 11.7. The van der Waals surface area contributed by atoms with E-state index in [9.17, 15) is 9.59 Å². The van der Waals surface area contributed by atoms with Crippen molar-refractivity contribution in [2.24, 2.45) is 0 Å². The fourth-order valence-corrected chi connectivity index (χ4v) is 1.40.